The number of hydrazine groups is 1. The summed E-state index contributed by atoms with van der Waals surface area (Å²) in [5.41, 5.74) is 0. The molecule has 1 fully saturated rings. The van der Waals surface area contributed by atoms with Crippen LogP contribution in [0, 0.1) is 0 Å². The molecule has 0 amide bonds. The minimum Gasteiger partial charge on any atom is -0.269 e. The van der Waals surface area contributed by atoms with Gasteiger partial charge < -0.3 is 0 Å². The number of rotatable bonds is 1. The summed E-state index contributed by atoms with van der Waals surface area (Å²) in [5.74, 6) is 5.23. The van der Waals surface area contributed by atoms with Crippen molar-refractivity contribution in [3.8, 4) is 0 Å². The van der Waals surface area contributed by atoms with Crippen molar-refractivity contribution in [1.29, 1.82) is 0 Å². The molecule has 1 saturated heterocycles. The van der Waals surface area contributed by atoms with Crippen LogP contribution in [0.3, 0.4) is 0 Å². The van der Waals surface area contributed by atoms with Gasteiger partial charge in [-0.1, -0.05) is 0 Å². The largest absolute Gasteiger partial charge is 0.269 e. The summed E-state index contributed by atoms with van der Waals surface area (Å²) in [4.78, 5) is 0. The molecule has 0 spiro atoms. The summed E-state index contributed by atoms with van der Waals surface area (Å²) in [5, 5.41) is 1.27. The number of hydrogen-bond donors (Lipinski definition) is 1. The average Bonchev–Trinajstić information content (AvgIpc) is 1.55. The lowest BCUT2D eigenvalue weighted by Crippen LogP contribution is -2.57. The minimum atomic E-state index is -2.82. The highest BCUT2D eigenvalue weighted by Gasteiger charge is 2.32. The molecular weight excluding hydrogens is 140 g/mol. The molecule has 1 heterocycles. The molecule has 2 N–H and O–H groups in total. The summed E-state index contributed by atoms with van der Waals surface area (Å²) in [6.45, 7) is 0.970. The molecule has 0 aromatic rings. The molecule has 0 atom stereocenters. The number of nitrogens with two attached hydrogens (primary N) is 1. The highest BCUT2D eigenvalue weighted by molar-refractivity contribution is 7.91. The summed E-state index contributed by atoms with van der Waals surface area (Å²) < 4.78 is 21.4. The van der Waals surface area contributed by atoms with Crippen LogP contribution in [0.5, 0.6) is 0 Å². The van der Waals surface area contributed by atoms with Crippen LogP contribution in [0.15, 0.2) is 0 Å². The first-order chi connectivity index (χ1) is 4.00. The van der Waals surface area contributed by atoms with Gasteiger partial charge in [0.2, 0.25) is 0 Å². The van der Waals surface area contributed by atoms with E-state index in [1.165, 1.54) is 11.3 Å². The van der Waals surface area contributed by atoms with E-state index < -0.39 is 9.84 Å². The zero-order chi connectivity index (χ0) is 7.07. The van der Waals surface area contributed by atoms with Crippen molar-refractivity contribution in [3.05, 3.63) is 0 Å². The summed E-state index contributed by atoms with van der Waals surface area (Å²) in [6, 6.07) is 0. The lowest BCUT2D eigenvalue weighted by Gasteiger charge is -2.33. The third-order valence-electron chi connectivity index (χ3n) is 1.48. The van der Waals surface area contributed by atoms with Gasteiger partial charge in [0.25, 0.3) is 0 Å². The normalized spacial score (nSPS) is 23.8. The van der Waals surface area contributed by atoms with Crippen LogP contribution in [0.4, 0.5) is 0 Å². The topological polar surface area (TPSA) is 63.4 Å². The zero-order valence-corrected chi connectivity index (χ0v) is 6.06. The molecule has 1 aliphatic rings. The predicted octanol–water partition coefficient (Wildman–Crippen LogP) is -1.41. The summed E-state index contributed by atoms with van der Waals surface area (Å²) in [7, 11) is -2.82. The minimum absolute atomic E-state index is 0.220. The van der Waals surface area contributed by atoms with E-state index in [9.17, 15) is 8.42 Å². The fourth-order valence-corrected chi connectivity index (χ4v) is 1.66. The Morgan fingerprint density at radius 1 is 1.56 bits per heavy atom. The number of hydrogen-bond acceptors (Lipinski definition) is 4. The highest BCUT2D eigenvalue weighted by atomic mass is 32.2. The first-order valence-corrected chi connectivity index (χ1v) is 4.64. The van der Waals surface area contributed by atoms with E-state index in [4.69, 9.17) is 5.84 Å². The van der Waals surface area contributed by atoms with E-state index in [2.05, 4.69) is 0 Å². The van der Waals surface area contributed by atoms with Gasteiger partial charge in [-0.05, 0) is 0 Å². The van der Waals surface area contributed by atoms with Gasteiger partial charge in [0, 0.05) is 19.3 Å². The Labute approximate surface area is 54.5 Å². The standard InChI is InChI=1S/C4H10N2O2S/c1-9(7,8)4-2-6(5)3-4/h4H,2-3,5H2,1H3. The van der Waals surface area contributed by atoms with Crippen molar-refractivity contribution in [2.45, 2.75) is 5.25 Å². The molecule has 0 aromatic carbocycles. The smallest absolute Gasteiger partial charge is 0.152 e. The number of nitrogens with zero attached hydrogens (tertiary/aromatic N) is 1. The number of sulfone groups is 1. The van der Waals surface area contributed by atoms with Gasteiger partial charge in [0.05, 0.1) is 5.25 Å². The molecule has 9 heavy (non-hydrogen) atoms. The second kappa shape index (κ2) is 1.93. The lowest BCUT2D eigenvalue weighted by atomic mass is 10.3. The molecule has 5 heteroatoms. The van der Waals surface area contributed by atoms with E-state index in [1.807, 2.05) is 0 Å². The first kappa shape index (κ1) is 6.98. The van der Waals surface area contributed by atoms with E-state index in [-0.39, 0.29) is 5.25 Å². The molecule has 0 saturated carbocycles. The maximum atomic E-state index is 10.7. The molecule has 0 unspecified atom stereocenters. The van der Waals surface area contributed by atoms with Gasteiger partial charge in [-0.25, -0.2) is 13.4 Å². The predicted molar refractivity (Wildman–Crippen MR) is 34.4 cm³/mol. The molecule has 0 radical (unpaired) electrons. The molecule has 0 aliphatic carbocycles. The van der Waals surface area contributed by atoms with Crippen molar-refractivity contribution in [3.63, 3.8) is 0 Å². The van der Waals surface area contributed by atoms with Gasteiger partial charge in [-0.3, -0.25) is 5.84 Å². The van der Waals surface area contributed by atoms with Gasteiger partial charge >= 0.3 is 0 Å². The Morgan fingerprint density at radius 2 is 2.00 bits per heavy atom. The fraction of sp³-hybridized carbons (Fsp3) is 1.00. The molecule has 1 rings (SSSR count). The van der Waals surface area contributed by atoms with Crippen molar-refractivity contribution >= 4 is 9.84 Å². The van der Waals surface area contributed by atoms with Crippen molar-refractivity contribution < 1.29 is 8.42 Å². The fourth-order valence-electron chi connectivity index (χ4n) is 0.740. The Morgan fingerprint density at radius 3 is 2.11 bits per heavy atom. The van der Waals surface area contributed by atoms with Crippen molar-refractivity contribution in [2.75, 3.05) is 19.3 Å². The third-order valence-corrected chi connectivity index (χ3v) is 2.99. The first-order valence-electron chi connectivity index (χ1n) is 2.68. The van der Waals surface area contributed by atoms with E-state index >= 15 is 0 Å². The Kier molecular flexibility index (Phi) is 1.50. The summed E-state index contributed by atoms with van der Waals surface area (Å²) in [6.07, 6.45) is 1.24. The lowest BCUT2D eigenvalue weighted by molar-refractivity contribution is 0.190. The van der Waals surface area contributed by atoms with Gasteiger partial charge in [-0.2, -0.15) is 0 Å². The van der Waals surface area contributed by atoms with E-state index in [1.54, 1.807) is 0 Å². The maximum Gasteiger partial charge on any atom is 0.152 e. The van der Waals surface area contributed by atoms with Gasteiger partial charge in [0.15, 0.2) is 9.84 Å². The molecule has 0 bridgehead atoms. The Balaban J connectivity index is 2.51. The second-order valence-corrected chi connectivity index (χ2v) is 4.73. The van der Waals surface area contributed by atoms with Crippen LogP contribution in [0.25, 0.3) is 0 Å². The quantitative estimate of drug-likeness (QED) is 0.466. The van der Waals surface area contributed by atoms with Crippen molar-refractivity contribution in [1.82, 2.24) is 5.01 Å². The van der Waals surface area contributed by atoms with E-state index in [0.717, 1.165) is 0 Å². The van der Waals surface area contributed by atoms with Crippen LogP contribution in [-0.2, 0) is 9.84 Å². The Hall–Kier alpha value is -0.130. The monoisotopic (exact) mass is 150 g/mol. The molecule has 4 nitrogen and oxygen atoms in total. The molecule has 54 valence electrons. The highest BCUT2D eigenvalue weighted by Crippen LogP contribution is 2.10. The van der Waals surface area contributed by atoms with Gasteiger partial charge in [0.1, 0.15) is 0 Å². The Bertz CT molecular complexity index is 193. The molecule has 1 aliphatic heterocycles. The molecular formula is C4H10N2O2S. The zero-order valence-electron chi connectivity index (χ0n) is 5.24. The van der Waals surface area contributed by atoms with E-state index in [0.29, 0.717) is 13.1 Å². The van der Waals surface area contributed by atoms with Crippen LogP contribution >= 0.6 is 0 Å². The van der Waals surface area contributed by atoms with Crippen LogP contribution in [0.1, 0.15) is 0 Å². The molecule has 0 aromatic heterocycles. The van der Waals surface area contributed by atoms with Crippen LogP contribution < -0.4 is 5.84 Å². The second-order valence-electron chi connectivity index (χ2n) is 2.41. The van der Waals surface area contributed by atoms with Gasteiger partial charge in [-0.15, -0.1) is 0 Å². The average molecular weight is 150 g/mol. The summed E-state index contributed by atoms with van der Waals surface area (Å²) >= 11 is 0. The van der Waals surface area contributed by atoms with Crippen LogP contribution in [0.2, 0.25) is 0 Å². The maximum absolute atomic E-state index is 10.7. The SMILES string of the molecule is CS(=O)(=O)C1CN(N)C1. The third kappa shape index (κ3) is 1.41. The van der Waals surface area contributed by atoms with Crippen molar-refractivity contribution in [2.24, 2.45) is 5.84 Å². The van der Waals surface area contributed by atoms with Crippen LogP contribution in [-0.4, -0.2) is 38.0 Å².